The van der Waals surface area contributed by atoms with E-state index in [-0.39, 0.29) is 24.6 Å². The van der Waals surface area contributed by atoms with Crippen LogP contribution in [0.1, 0.15) is 31.4 Å². The van der Waals surface area contributed by atoms with Gasteiger partial charge in [0.15, 0.2) is 11.5 Å². The van der Waals surface area contributed by atoms with E-state index in [0.717, 1.165) is 21.9 Å². The van der Waals surface area contributed by atoms with Gasteiger partial charge < -0.3 is 19.7 Å². The van der Waals surface area contributed by atoms with Crippen LogP contribution in [-0.2, 0) is 32.6 Å². The number of fused-ring (bicyclic) bond motifs is 1. The van der Waals surface area contributed by atoms with E-state index in [0.29, 0.717) is 36.9 Å². The van der Waals surface area contributed by atoms with Gasteiger partial charge in [-0.2, -0.15) is 0 Å². The molecular formula is C31H37N3O6S. The van der Waals surface area contributed by atoms with Crippen LogP contribution in [0.15, 0.2) is 78.9 Å². The number of ether oxygens (including phenoxy) is 2. The van der Waals surface area contributed by atoms with Crippen LogP contribution in [0.4, 0.5) is 5.69 Å². The number of carbonyl (C=O) groups is 2. The number of nitrogens with zero attached hydrogens (tertiary/aromatic N) is 2. The van der Waals surface area contributed by atoms with Gasteiger partial charge in [0.05, 0.1) is 11.4 Å². The van der Waals surface area contributed by atoms with Crippen molar-refractivity contribution >= 4 is 27.5 Å². The Labute approximate surface area is 242 Å². The van der Waals surface area contributed by atoms with Gasteiger partial charge in [0.25, 0.3) is 0 Å². The number of carbonyl (C=O) groups excluding carboxylic acids is 2. The Balaban J connectivity index is 1.72. The van der Waals surface area contributed by atoms with Gasteiger partial charge in [-0.05, 0) is 36.6 Å². The van der Waals surface area contributed by atoms with E-state index >= 15 is 0 Å². The van der Waals surface area contributed by atoms with Crippen LogP contribution < -0.4 is 19.1 Å². The number of benzene rings is 3. The van der Waals surface area contributed by atoms with Crippen molar-refractivity contribution in [1.29, 1.82) is 0 Å². The molecule has 0 saturated carbocycles. The second kappa shape index (κ2) is 14.0. The molecule has 0 fully saturated rings. The largest absolute Gasteiger partial charge is 0.486 e. The standard InChI is InChI=1S/C31H37N3O6S/c1-3-17-32-31(36)27(20-24-11-7-5-8-12-24)33(22-25-13-9-6-10-14-25)30(35)23-34(41(37,38)4-2)26-15-16-28-29(21-26)40-19-18-39-28/h5-16,21,27H,3-4,17-20,22-23H2,1-2H3,(H,32,36)/t27-/m1/s1. The van der Waals surface area contributed by atoms with Crippen molar-refractivity contribution < 1.29 is 27.5 Å². The van der Waals surface area contributed by atoms with Crippen molar-refractivity contribution in [2.75, 3.05) is 36.4 Å². The maximum absolute atomic E-state index is 14.2. The summed E-state index contributed by atoms with van der Waals surface area (Å²) < 4.78 is 39.0. The van der Waals surface area contributed by atoms with Crippen molar-refractivity contribution in [2.24, 2.45) is 0 Å². The maximum atomic E-state index is 14.2. The third-order valence-electron chi connectivity index (χ3n) is 6.81. The number of hydrogen-bond donors (Lipinski definition) is 1. The normalized spacial score (nSPS) is 13.2. The lowest BCUT2D eigenvalue weighted by atomic mass is 10.0. The molecule has 2 amide bonds. The van der Waals surface area contributed by atoms with Crippen LogP contribution in [0.5, 0.6) is 11.5 Å². The summed E-state index contributed by atoms with van der Waals surface area (Å²) in [5, 5.41) is 2.94. The topological polar surface area (TPSA) is 105 Å². The number of nitrogens with one attached hydrogen (secondary N) is 1. The van der Waals surface area contributed by atoms with Crippen LogP contribution in [-0.4, -0.2) is 63.2 Å². The lowest BCUT2D eigenvalue weighted by Crippen LogP contribution is -2.53. The maximum Gasteiger partial charge on any atom is 0.244 e. The van der Waals surface area contributed by atoms with Crippen molar-refractivity contribution in [3.63, 3.8) is 0 Å². The molecule has 10 heteroatoms. The van der Waals surface area contributed by atoms with E-state index in [1.165, 1.54) is 11.8 Å². The molecule has 3 aromatic carbocycles. The molecule has 1 aliphatic heterocycles. The van der Waals surface area contributed by atoms with Crippen molar-refractivity contribution in [3.8, 4) is 11.5 Å². The van der Waals surface area contributed by atoms with E-state index in [9.17, 15) is 18.0 Å². The zero-order valence-corrected chi connectivity index (χ0v) is 24.3. The third-order valence-corrected chi connectivity index (χ3v) is 8.55. The minimum absolute atomic E-state index is 0.137. The van der Waals surface area contributed by atoms with E-state index in [2.05, 4.69) is 5.32 Å². The summed E-state index contributed by atoms with van der Waals surface area (Å²) in [4.78, 5) is 29.2. The summed E-state index contributed by atoms with van der Waals surface area (Å²) in [6.45, 7) is 4.36. The van der Waals surface area contributed by atoms with Gasteiger partial charge in [0.2, 0.25) is 21.8 Å². The average molecular weight is 580 g/mol. The quantitative estimate of drug-likeness (QED) is 0.331. The highest BCUT2D eigenvalue weighted by molar-refractivity contribution is 7.92. The van der Waals surface area contributed by atoms with E-state index < -0.39 is 28.5 Å². The first-order valence-corrected chi connectivity index (χ1v) is 15.5. The summed E-state index contributed by atoms with van der Waals surface area (Å²) in [7, 11) is -3.87. The van der Waals surface area contributed by atoms with E-state index in [4.69, 9.17) is 9.47 Å². The van der Waals surface area contributed by atoms with Crippen LogP contribution in [0.2, 0.25) is 0 Å². The molecule has 4 rings (SSSR count). The highest BCUT2D eigenvalue weighted by Gasteiger charge is 2.34. The van der Waals surface area contributed by atoms with Crippen molar-refractivity contribution in [2.45, 2.75) is 39.3 Å². The predicted molar refractivity (Wildman–Crippen MR) is 158 cm³/mol. The van der Waals surface area contributed by atoms with Crippen LogP contribution in [0, 0.1) is 0 Å². The summed E-state index contributed by atoms with van der Waals surface area (Å²) in [5.41, 5.74) is 2.01. The summed E-state index contributed by atoms with van der Waals surface area (Å²) in [6, 6.07) is 22.8. The molecule has 1 heterocycles. The highest BCUT2D eigenvalue weighted by atomic mass is 32.2. The number of sulfonamides is 1. The molecule has 218 valence electrons. The lowest BCUT2D eigenvalue weighted by Gasteiger charge is -2.34. The molecule has 1 N–H and O–H groups in total. The van der Waals surface area contributed by atoms with Gasteiger partial charge in [-0.25, -0.2) is 8.42 Å². The molecule has 9 nitrogen and oxygen atoms in total. The summed E-state index contributed by atoms with van der Waals surface area (Å²) in [5.74, 6) is -0.0591. The second-order valence-electron chi connectivity index (χ2n) is 9.74. The molecule has 3 aromatic rings. The molecule has 0 radical (unpaired) electrons. The number of hydrogen-bond acceptors (Lipinski definition) is 6. The van der Waals surface area contributed by atoms with E-state index in [1.54, 1.807) is 18.2 Å². The first-order chi connectivity index (χ1) is 19.8. The van der Waals surface area contributed by atoms with Gasteiger partial charge >= 0.3 is 0 Å². The van der Waals surface area contributed by atoms with Gasteiger partial charge in [-0.15, -0.1) is 0 Å². The Kier molecular flexibility index (Phi) is 10.2. The van der Waals surface area contributed by atoms with Crippen LogP contribution >= 0.6 is 0 Å². The van der Waals surface area contributed by atoms with Gasteiger partial charge in [-0.1, -0.05) is 67.6 Å². The Hall–Kier alpha value is -4.05. The van der Waals surface area contributed by atoms with Gasteiger partial charge in [0.1, 0.15) is 25.8 Å². The number of amides is 2. The molecule has 0 aromatic heterocycles. The zero-order valence-electron chi connectivity index (χ0n) is 23.5. The highest BCUT2D eigenvalue weighted by Crippen LogP contribution is 2.35. The molecule has 1 aliphatic rings. The fourth-order valence-electron chi connectivity index (χ4n) is 4.61. The molecule has 0 spiro atoms. The number of rotatable bonds is 13. The lowest BCUT2D eigenvalue weighted by molar-refractivity contribution is -0.140. The number of anilines is 1. The average Bonchev–Trinajstić information content (AvgIpc) is 3.01. The fraction of sp³-hybridized carbons (Fsp3) is 0.355. The third kappa shape index (κ3) is 7.79. The smallest absolute Gasteiger partial charge is 0.244 e. The zero-order chi connectivity index (χ0) is 29.2. The Bertz CT molecular complexity index is 1420. The molecule has 0 unspecified atom stereocenters. The Morgan fingerprint density at radius 1 is 0.878 bits per heavy atom. The van der Waals surface area contributed by atoms with Crippen LogP contribution in [0.25, 0.3) is 0 Å². The van der Waals surface area contributed by atoms with Crippen molar-refractivity contribution in [1.82, 2.24) is 10.2 Å². The van der Waals surface area contributed by atoms with Crippen LogP contribution in [0.3, 0.4) is 0 Å². The Morgan fingerprint density at radius 2 is 1.51 bits per heavy atom. The second-order valence-corrected chi connectivity index (χ2v) is 11.9. The molecule has 41 heavy (non-hydrogen) atoms. The molecule has 0 saturated heterocycles. The minimum atomic E-state index is -3.87. The van der Waals surface area contributed by atoms with Gasteiger partial charge in [0, 0.05) is 25.6 Å². The van der Waals surface area contributed by atoms with Crippen molar-refractivity contribution in [3.05, 3.63) is 90.0 Å². The minimum Gasteiger partial charge on any atom is -0.486 e. The predicted octanol–water partition coefficient (Wildman–Crippen LogP) is 3.78. The molecule has 1 atom stereocenters. The first-order valence-electron chi connectivity index (χ1n) is 13.9. The molecule has 0 bridgehead atoms. The SMILES string of the molecule is CCCNC(=O)[C@@H](Cc1ccccc1)N(Cc1ccccc1)C(=O)CN(c1ccc2c(c1)OCCO2)S(=O)(=O)CC. The molecular weight excluding hydrogens is 542 g/mol. The summed E-state index contributed by atoms with van der Waals surface area (Å²) >= 11 is 0. The fourth-order valence-corrected chi connectivity index (χ4v) is 5.66. The summed E-state index contributed by atoms with van der Waals surface area (Å²) in [6.07, 6.45) is 1.02. The van der Waals surface area contributed by atoms with Gasteiger partial charge in [-0.3, -0.25) is 13.9 Å². The first kappa shape index (κ1) is 29.9. The molecule has 0 aliphatic carbocycles. The van der Waals surface area contributed by atoms with E-state index in [1.807, 2.05) is 67.6 Å². The Morgan fingerprint density at radius 3 is 2.15 bits per heavy atom. The monoisotopic (exact) mass is 579 g/mol.